The smallest absolute Gasteiger partial charge is 0.289 e. The lowest BCUT2D eigenvalue weighted by Crippen LogP contribution is -2.26. The minimum atomic E-state index is -0.250. The molecular formula is C19H20N4O2. The molecule has 0 aliphatic heterocycles. The van der Waals surface area contributed by atoms with Crippen LogP contribution in [0, 0.1) is 25.2 Å². The molecule has 0 aliphatic rings. The van der Waals surface area contributed by atoms with Crippen molar-refractivity contribution >= 4 is 16.8 Å². The van der Waals surface area contributed by atoms with Crippen molar-refractivity contribution in [3.05, 3.63) is 52.4 Å². The summed E-state index contributed by atoms with van der Waals surface area (Å²) < 4.78 is 5.47. The molecule has 0 atom stereocenters. The maximum Gasteiger partial charge on any atom is 0.289 e. The van der Waals surface area contributed by atoms with E-state index in [1.807, 2.05) is 26.0 Å². The van der Waals surface area contributed by atoms with E-state index in [9.17, 15) is 4.79 Å². The number of benzene rings is 1. The lowest BCUT2D eigenvalue weighted by atomic mass is 10.1. The third kappa shape index (κ3) is 3.26. The van der Waals surface area contributed by atoms with Crippen LogP contribution in [-0.4, -0.2) is 22.4 Å². The second-order valence-electron chi connectivity index (χ2n) is 5.98. The van der Waals surface area contributed by atoms with Gasteiger partial charge in [0.1, 0.15) is 0 Å². The second-order valence-corrected chi connectivity index (χ2v) is 5.98. The first kappa shape index (κ1) is 16.8. The molecule has 3 rings (SSSR count). The van der Waals surface area contributed by atoms with Gasteiger partial charge in [0.15, 0.2) is 5.89 Å². The van der Waals surface area contributed by atoms with Crippen molar-refractivity contribution in [2.24, 2.45) is 0 Å². The SMILES string of the molecule is CCc1nc(C)c(C(=O)NCCc2c(C)[nH]c3ccc(C#N)cc23)o1. The Balaban J connectivity index is 1.72. The van der Waals surface area contributed by atoms with Crippen molar-refractivity contribution in [3.8, 4) is 6.07 Å². The van der Waals surface area contributed by atoms with E-state index < -0.39 is 0 Å². The Morgan fingerprint density at radius 1 is 1.40 bits per heavy atom. The van der Waals surface area contributed by atoms with Crippen LogP contribution in [0.15, 0.2) is 22.6 Å². The maximum atomic E-state index is 12.3. The molecule has 1 aromatic carbocycles. The van der Waals surface area contributed by atoms with Gasteiger partial charge in [0.25, 0.3) is 5.91 Å². The van der Waals surface area contributed by atoms with Crippen molar-refractivity contribution < 1.29 is 9.21 Å². The summed E-state index contributed by atoms with van der Waals surface area (Å²) in [5.74, 6) is 0.596. The van der Waals surface area contributed by atoms with E-state index in [2.05, 4.69) is 21.4 Å². The van der Waals surface area contributed by atoms with E-state index in [0.717, 1.165) is 22.2 Å². The summed E-state index contributed by atoms with van der Waals surface area (Å²) in [5.41, 5.74) is 4.38. The molecule has 1 amide bonds. The number of hydrogen-bond acceptors (Lipinski definition) is 4. The molecule has 0 saturated carbocycles. The number of nitriles is 1. The zero-order valence-corrected chi connectivity index (χ0v) is 14.6. The molecule has 0 bridgehead atoms. The fourth-order valence-corrected chi connectivity index (χ4v) is 2.97. The third-order valence-electron chi connectivity index (χ3n) is 4.26. The van der Waals surface area contributed by atoms with Crippen molar-refractivity contribution in [1.29, 1.82) is 5.26 Å². The van der Waals surface area contributed by atoms with Gasteiger partial charge in [-0.25, -0.2) is 4.98 Å². The Labute approximate surface area is 145 Å². The van der Waals surface area contributed by atoms with Crippen LogP contribution in [0.25, 0.3) is 10.9 Å². The van der Waals surface area contributed by atoms with Gasteiger partial charge in [-0.15, -0.1) is 0 Å². The van der Waals surface area contributed by atoms with Crippen LogP contribution in [0.2, 0.25) is 0 Å². The van der Waals surface area contributed by atoms with Gasteiger partial charge in [-0.3, -0.25) is 4.79 Å². The highest BCUT2D eigenvalue weighted by Gasteiger charge is 2.17. The molecule has 0 radical (unpaired) electrons. The van der Waals surface area contributed by atoms with Crippen LogP contribution in [0.3, 0.4) is 0 Å². The molecule has 0 aliphatic carbocycles. The molecule has 128 valence electrons. The van der Waals surface area contributed by atoms with Crippen LogP contribution in [0.1, 0.15) is 45.9 Å². The summed E-state index contributed by atoms with van der Waals surface area (Å²) in [7, 11) is 0. The van der Waals surface area contributed by atoms with Gasteiger partial charge in [0.2, 0.25) is 5.76 Å². The minimum absolute atomic E-state index is 0.250. The Hall–Kier alpha value is -3.07. The first-order valence-corrected chi connectivity index (χ1v) is 8.29. The number of oxazole rings is 1. The van der Waals surface area contributed by atoms with Crippen LogP contribution >= 0.6 is 0 Å². The first-order chi connectivity index (χ1) is 12.0. The fraction of sp³-hybridized carbons (Fsp3) is 0.316. The minimum Gasteiger partial charge on any atom is -0.435 e. The van der Waals surface area contributed by atoms with Crippen LogP contribution in [0.5, 0.6) is 0 Å². The molecule has 2 heterocycles. The number of carbonyl (C=O) groups is 1. The van der Waals surface area contributed by atoms with E-state index in [-0.39, 0.29) is 11.7 Å². The molecule has 0 spiro atoms. The lowest BCUT2D eigenvalue weighted by Gasteiger charge is -2.04. The van der Waals surface area contributed by atoms with Gasteiger partial charge >= 0.3 is 0 Å². The predicted molar refractivity (Wildman–Crippen MR) is 94.4 cm³/mol. The zero-order valence-electron chi connectivity index (χ0n) is 14.6. The monoisotopic (exact) mass is 336 g/mol. The number of rotatable bonds is 5. The molecule has 6 nitrogen and oxygen atoms in total. The first-order valence-electron chi connectivity index (χ1n) is 8.29. The number of hydrogen-bond donors (Lipinski definition) is 2. The number of nitrogens with zero attached hydrogens (tertiary/aromatic N) is 2. The van der Waals surface area contributed by atoms with Crippen LogP contribution in [-0.2, 0) is 12.8 Å². The Bertz CT molecular complexity index is 975. The molecule has 0 unspecified atom stereocenters. The molecule has 6 heteroatoms. The van der Waals surface area contributed by atoms with Crippen molar-refractivity contribution in [1.82, 2.24) is 15.3 Å². The molecule has 2 N–H and O–H groups in total. The van der Waals surface area contributed by atoms with E-state index in [1.54, 1.807) is 13.0 Å². The molecule has 25 heavy (non-hydrogen) atoms. The quantitative estimate of drug-likeness (QED) is 0.748. The highest BCUT2D eigenvalue weighted by molar-refractivity contribution is 5.92. The van der Waals surface area contributed by atoms with Gasteiger partial charge < -0.3 is 14.7 Å². The van der Waals surface area contributed by atoms with Crippen molar-refractivity contribution in [2.45, 2.75) is 33.6 Å². The zero-order chi connectivity index (χ0) is 18.0. The molecule has 3 aromatic rings. The fourth-order valence-electron chi connectivity index (χ4n) is 2.97. The number of aryl methyl sites for hydroxylation is 3. The Morgan fingerprint density at radius 2 is 2.20 bits per heavy atom. The van der Waals surface area contributed by atoms with Gasteiger partial charge in [-0.05, 0) is 44.0 Å². The maximum absolute atomic E-state index is 12.3. The van der Waals surface area contributed by atoms with Crippen molar-refractivity contribution in [2.75, 3.05) is 6.54 Å². The topological polar surface area (TPSA) is 94.7 Å². The number of aromatic amines is 1. The summed E-state index contributed by atoms with van der Waals surface area (Å²) in [5, 5.41) is 13.0. The van der Waals surface area contributed by atoms with Crippen LogP contribution in [0.4, 0.5) is 0 Å². The number of amides is 1. The Kier molecular flexibility index (Phi) is 4.57. The number of H-pyrrole nitrogens is 1. The van der Waals surface area contributed by atoms with Gasteiger partial charge in [0, 0.05) is 29.6 Å². The number of aromatic nitrogens is 2. The summed E-state index contributed by atoms with van der Waals surface area (Å²) in [4.78, 5) is 19.8. The summed E-state index contributed by atoms with van der Waals surface area (Å²) in [6, 6.07) is 7.74. The predicted octanol–water partition coefficient (Wildman–Crippen LogP) is 3.18. The summed E-state index contributed by atoms with van der Waals surface area (Å²) >= 11 is 0. The highest BCUT2D eigenvalue weighted by Crippen LogP contribution is 2.23. The standard InChI is InChI=1S/C19H20N4O2/c1-4-17-23-12(3)18(25-17)19(24)21-8-7-14-11(2)22-16-6-5-13(10-20)9-15(14)16/h5-6,9,22H,4,7-8H2,1-3H3,(H,21,24). The van der Waals surface area contributed by atoms with Crippen molar-refractivity contribution in [3.63, 3.8) is 0 Å². The number of fused-ring (bicyclic) bond motifs is 1. The average molecular weight is 336 g/mol. The van der Waals surface area contributed by atoms with Gasteiger partial charge in [-0.2, -0.15) is 5.26 Å². The number of nitrogens with one attached hydrogen (secondary N) is 2. The highest BCUT2D eigenvalue weighted by atomic mass is 16.4. The molecule has 0 saturated heterocycles. The van der Waals surface area contributed by atoms with E-state index in [1.165, 1.54) is 0 Å². The molecule has 2 aromatic heterocycles. The Morgan fingerprint density at radius 3 is 2.88 bits per heavy atom. The average Bonchev–Trinajstić information content (AvgIpc) is 3.14. The third-order valence-corrected chi connectivity index (χ3v) is 4.26. The van der Waals surface area contributed by atoms with E-state index in [4.69, 9.17) is 9.68 Å². The normalized spacial score (nSPS) is 10.8. The van der Waals surface area contributed by atoms with Crippen LogP contribution < -0.4 is 5.32 Å². The van der Waals surface area contributed by atoms with Gasteiger partial charge in [0.05, 0.1) is 17.3 Å². The largest absolute Gasteiger partial charge is 0.435 e. The number of carbonyl (C=O) groups excluding carboxylic acids is 1. The molecular weight excluding hydrogens is 316 g/mol. The second kappa shape index (κ2) is 6.81. The molecule has 0 fully saturated rings. The summed E-state index contributed by atoms with van der Waals surface area (Å²) in [6.07, 6.45) is 1.32. The summed E-state index contributed by atoms with van der Waals surface area (Å²) in [6.45, 7) is 6.18. The van der Waals surface area contributed by atoms with Gasteiger partial charge in [-0.1, -0.05) is 6.92 Å². The van der Waals surface area contributed by atoms with E-state index >= 15 is 0 Å². The lowest BCUT2D eigenvalue weighted by molar-refractivity contribution is 0.0924. The van der Waals surface area contributed by atoms with E-state index in [0.29, 0.717) is 36.5 Å².